The van der Waals surface area contributed by atoms with Gasteiger partial charge in [-0.1, -0.05) is 6.07 Å². The second kappa shape index (κ2) is 8.93. The molecule has 5 aliphatic rings. The molecule has 5 fully saturated rings. The second-order valence-electron chi connectivity index (χ2n) is 10.2. The van der Waals surface area contributed by atoms with Crippen molar-refractivity contribution in [3.8, 4) is 0 Å². The molecule has 3 N–H and O–H groups in total. The number of ether oxygens (including phenoxy) is 1. The van der Waals surface area contributed by atoms with Gasteiger partial charge < -0.3 is 15.4 Å². The van der Waals surface area contributed by atoms with E-state index in [1.165, 1.54) is 25.3 Å². The molecule has 6 rings (SSSR count). The van der Waals surface area contributed by atoms with Gasteiger partial charge >= 0.3 is 6.03 Å². The lowest BCUT2D eigenvalue weighted by molar-refractivity contribution is -0.0127. The number of hydrogen-bond donors (Lipinski definition) is 3. The van der Waals surface area contributed by atoms with Gasteiger partial charge in [-0.05, 0) is 74.5 Å². The molecule has 1 saturated heterocycles. The van der Waals surface area contributed by atoms with Gasteiger partial charge in [0.1, 0.15) is 0 Å². The normalized spacial score (nSPS) is 32.1. The quantitative estimate of drug-likeness (QED) is 0.578. The van der Waals surface area contributed by atoms with Crippen LogP contribution in [-0.4, -0.2) is 64.3 Å². The highest BCUT2D eigenvalue weighted by Crippen LogP contribution is 2.55. The number of amides is 2. The van der Waals surface area contributed by atoms with Crippen molar-refractivity contribution in [3.63, 3.8) is 0 Å². The topological polar surface area (TPSA) is 99.8 Å². The van der Waals surface area contributed by atoms with Crippen LogP contribution in [0.5, 0.6) is 0 Å². The van der Waals surface area contributed by atoms with Crippen molar-refractivity contribution in [1.82, 2.24) is 14.9 Å². The Labute approximate surface area is 190 Å². The summed E-state index contributed by atoms with van der Waals surface area (Å²) < 4.78 is 33.4. The van der Waals surface area contributed by atoms with Crippen LogP contribution >= 0.6 is 0 Å². The first-order valence-corrected chi connectivity index (χ1v) is 13.4. The van der Waals surface area contributed by atoms with E-state index < -0.39 is 10.0 Å². The number of sulfonamides is 1. The van der Waals surface area contributed by atoms with Crippen molar-refractivity contribution in [2.24, 2.45) is 17.8 Å². The van der Waals surface area contributed by atoms with Gasteiger partial charge in [0.15, 0.2) is 0 Å². The van der Waals surface area contributed by atoms with Crippen molar-refractivity contribution < 1.29 is 17.9 Å². The number of urea groups is 1. The van der Waals surface area contributed by atoms with Crippen molar-refractivity contribution in [3.05, 3.63) is 24.3 Å². The third-order valence-corrected chi connectivity index (χ3v) is 9.10. The van der Waals surface area contributed by atoms with E-state index in [0.717, 1.165) is 50.1 Å². The van der Waals surface area contributed by atoms with Crippen LogP contribution in [0.25, 0.3) is 0 Å². The summed E-state index contributed by atoms with van der Waals surface area (Å²) in [6.07, 6.45) is 7.19. The maximum Gasteiger partial charge on any atom is 0.319 e. The Morgan fingerprint density at radius 1 is 1.06 bits per heavy atom. The first-order valence-electron chi connectivity index (χ1n) is 11.9. The lowest BCUT2D eigenvalue weighted by Gasteiger charge is -2.56. The van der Waals surface area contributed by atoms with E-state index in [1.807, 2.05) is 0 Å². The molecule has 2 amide bonds. The summed E-state index contributed by atoms with van der Waals surface area (Å²) in [5.41, 5.74) is 0.409. The Kier molecular flexibility index (Phi) is 6.17. The number of morpholine rings is 1. The van der Waals surface area contributed by atoms with Gasteiger partial charge in [-0.2, -0.15) is 0 Å². The number of nitrogens with one attached hydrogen (secondary N) is 3. The van der Waals surface area contributed by atoms with E-state index in [0.29, 0.717) is 32.0 Å². The van der Waals surface area contributed by atoms with Gasteiger partial charge in [0, 0.05) is 37.4 Å². The molecule has 32 heavy (non-hydrogen) atoms. The number of rotatable bonds is 7. The van der Waals surface area contributed by atoms with Gasteiger partial charge in [0.25, 0.3) is 0 Å². The van der Waals surface area contributed by atoms with Gasteiger partial charge in [0.2, 0.25) is 10.0 Å². The fourth-order valence-corrected chi connectivity index (χ4v) is 7.72. The molecule has 1 aromatic rings. The molecule has 1 aromatic carbocycles. The van der Waals surface area contributed by atoms with Gasteiger partial charge in [-0.3, -0.25) is 4.90 Å². The predicted octanol–water partition coefficient (Wildman–Crippen LogP) is 2.39. The molecule has 0 spiro atoms. The van der Waals surface area contributed by atoms with Crippen LogP contribution in [0, 0.1) is 17.8 Å². The Bertz CT molecular complexity index is 910. The molecule has 176 valence electrons. The first-order chi connectivity index (χ1) is 15.4. The highest BCUT2D eigenvalue weighted by Gasteiger charge is 2.51. The number of carbonyl (C=O) groups excluding carboxylic acids is 1. The summed E-state index contributed by atoms with van der Waals surface area (Å²) in [4.78, 5) is 15.1. The van der Waals surface area contributed by atoms with Crippen molar-refractivity contribution >= 4 is 21.7 Å². The highest BCUT2D eigenvalue weighted by atomic mass is 32.2. The first kappa shape index (κ1) is 22.1. The molecule has 0 atom stereocenters. The van der Waals surface area contributed by atoms with Crippen molar-refractivity contribution in [2.45, 2.75) is 49.0 Å². The minimum atomic E-state index is -3.64. The van der Waals surface area contributed by atoms with Crippen LogP contribution < -0.4 is 15.4 Å². The lowest BCUT2D eigenvalue weighted by Crippen LogP contribution is -2.60. The van der Waals surface area contributed by atoms with Crippen LogP contribution in [0.2, 0.25) is 0 Å². The highest BCUT2D eigenvalue weighted by molar-refractivity contribution is 7.89. The zero-order valence-electron chi connectivity index (χ0n) is 18.5. The third-order valence-electron chi connectivity index (χ3n) is 7.64. The molecular weight excluding hydrogens is 428 g/mol. The van der Waals surface area contributed by atoms with Gasteiger partial charge in [-0.25, -0.2) is 17.9 Å². The maximum absolute atomic E-state index is 12.8. The van der Waals surface area contributed by atoms with E-state index in [1.54, 1.807) is 18.2 Å². The number of anilines is 1. The zero-order valence-corrected chi connectivity index (χ0v) is 19.3. The molecule has 0 unspecified atom stereocenters. The largest absolute Gasteiger partial charge is 0.379 e. The van der Waals surface area contributed by atoms with E-state index >= 15 is 0 Å². The molecule has 0 radical (unpaired) electrons. The van der Waals surface area contributed by atoms with E-state index in [2.05, 4.69) is 20.3 Å². The minimum absolute atomic E-state index is 0.0798. The van der Waals surface area contributed by atoms with Gasteiger partial charge in [0.05, 0.1) is 18.1 Å². The molecular formula is C23H34N4O4S. The molecule has 4 bridgehead atoms. The molecule has 9 heteroatoms. The smallest absolute Gasteiger partial charge is 0.319 e. The van der Waals surface area contributed by atoms with Crippen LogP contribution in [0.4, 0.5) is 10.5 Å². The fourth-order valence-electron chi connectivity index (χ4n) is 6.65. The third kappa shape index (κ3) is 4.95. The van der Waals surface area contributed by atoms with E-state index in [-0.39, 0.29) is 16.5 Å². The predicted molar refractivity (Wildman–Crippen MR) is 122 cm³/mol. The maximum atomic E-state index is 12.8. The van der Waals surface area contributed by atoms with E-state index in [9.17, 15) is 13.2 Å². The van der Waals surface area contributed by atoms with Crippen LogP contribution in [0.1, 0.15) is 38.5 Å². The Hall–Kier alpha value is -1.68. The number of carbonyl (C=O) groups is 1. The van der Waals surface area contributed by atoms with Gasteiger partial charge in [-0.15, -0.1) is 0 Å². The number of nitrogens with zero attached hydrogens (tertiary/aromatic N) is 1. The standard InChI is InChI=1S/C23H34N4O4S/c28-22(26-23-14-17-10-18(15-23)12-19(11-17)16-23)25-20-2-1-3-21(13-20)32(29,30)24-4-5-27-6-8-31-9-7-27/h1-3,13,17-19,24H,4-12,14-16H2,(H2,25,26,28). The monoisotopic (exact) mass is 462 g/mol. The molecule has 1 aliphatic heterocycles. The molecule has 1 heterocycles. The average Bonchev–Trinajstić information content (AvgIpc) is 2.73. The summed E-state index contributed by atoms with van der Waals surface area (Å²) in [6, 6.07) is 6.24. The SMILES string of the molecule is O=C(Nc1cccc(S(=O)(=O)NCCN2CCOCC2)c1)NC12CC3CC(CC(C3)C1)C2. The van der Waals surface area contributed by atoms with Crippen LogP contribution in [-0.2, 0) is 14.8 Å². The summed E-state index contributed by atoms with van der Waals surface area (Å²) >= 11 is 0. The van der Waals surface area contributed by atoms with Crippen LogP contribution in [0.3, 0.4) is 0 Å². The zero-order chi connectivity index (χ0) is 22.2. The van der Waals surface area contributed by atoms with E-state index in [4.69, 9.17) is 4.74 Å². The Balaban J connectivity index is 1.17. The van der Waals surface area contributed by atoms with Crippen molar-refractivity contribution in [2.75, 3.05) is 44.7 Å². The molecule has 4 aliphatic carbocycles. The van der Waals surface area contributed by atoms with Crippen molar-refractivity contribution in [1.29, 1.82) is 0 Å². The number of hydrogen-bond acceptors (Lipinski definition) is 5. The summed E-state index contributed by atoms with van der Waals surface area (Å²) in [6.45, 7) is 4.00. The summed E-state index contributed by atoms with van der Waals surface area (Å²) in [7, 11) is -3.64. The Morgan fingerprint density at radius 3 is 2.38 bits per heavy atom. The molecule has 4 saturated carbocycles. The summed E-state index contributed by atoms with van der Waals surface area (Å²) in [5, 5.41) is 6.14. The van der Waals surface area contributed by atoms with Crippen LogP contribution in [0.15, 0.2) is 29.2 Å². The Morgan fingerprint density at radius 2 is 1.72 bits per heavy atom. The average molecular weight is 463 g/mol. The minimum Gasteiger partial charge on any atom is -0.379 e. The molecule has 8 nitrogen and oxygen atoms in total. The lowest BCUT2D eigenvalue weighted by atomic mass is 9.53. The fraction of sp³-hybridized carbons (Fsp3) is 0.696. The number of benzene rings is 1. The summed E-state index contributed by atoms with van der Waals surface area (Å²) in [5.74, 6) is 2.25. The molecule has 0 aromatic heterocycles. The second-order valence-corrected chi connectivity index (χ2v) is 11.9.